The summed E-state index contributed by atoms with van der Waals surface area (Å²) in [5.41, 5.74) is -0.266. The number of halogens is 4. The second-order valence-corrected chi connectivity index (χ2v) is 3.08. The Hall–Kier alpha value is -1.23. The molecule has 0 amide bonds. The Balaban J connectivity index is 3.28. The molecule has 15 heavy (non-hydrogen) atoms. The molecule has 0 aliphatic carbocycles. The van der Waals surface area contributed by atoms with Crippen LogP contribution >= 0.6 is 11.6 Å². The molecule has 2 nitrogen and oxygen atoms in total. The van der Waals surface area contributed by atoms with Gasteiger partial charge >= 0.3 is 6.61 Å². The molecule has 0 unspecified atom stereocenters. The molecule has 1 aromatic carbocycles. The van der Waals surface area contributed by atoms with E-state index in [1.54, 1.807) is 0 Å². The number of ether oxygens (including phenoxy) is 1. The number of Topliss-reactive ketones (excluding diaryl/α,β-unsaturated/α-hetero) is 1. The number of ketones is 1. The normalized spacial score (nSPS) is 10.5. The molecule has 0 aliphatic rings. The minimum atomic E-state index is -3.21. The van der Waals surface area contributed by atoms with E-state index in [2.05, 4.69) is 4.74 Å². The summed E-state index contributed by atoms with van der Waals surface area (Å²) in [4.78, 5) is 11.0. The molecule has 0 bridgehead atoms. The summed E-state index contributed by atoms with van der Waals surface area (Å²) in [5.74, 6) is -2.56. The quantitative estimate of drug-likeness (QED) is 0.756. The van der Waals surface area contributed by atoms with E-state index in [1.807, 2.05) is 0 Å². The molecule has 0 N–H and O–H groups in total. The van der Waals surface area contributed by atoms with E-state index in [9.17, 15) is 18.0 Å². The lowest BCUT2D eigenvalue weighted by Gasteiger charge is -2.10. The highest BCUT2D eigenvalue weighted by Gasteiger charge is 2.19. The SMILES string of the molecule is CC(=O)c1ccc(Cl)c(F)c1OC(F)F. The lowest BCUT2D eigenvalue weighted by molar-refractivity contribution is -0.0524. The lowest BCUT2D eigenvalue weighted by Crippen LogP contribution is -2.08. The van der Waals surface area contributed by atoms with Crippen LogP contribution in [0, 0.1) is 5.82 Å². The van der Waals surface area contributed by atoms with Gasteiger partial charge in [-0.2, -0.15) is 8.78 Å². The number of hydrogen-bond acceptors (Lipinski definition) is 2. The van der Waals surface area contributed by atoms with Crippen molar-refractivity contribution in [1.29, 1.82) is 0 Å². The molecule has 1 rings (SSSR count). The minimum absolute atomic E-state index is 0.266. The molecule has 0 aliphatic heterocycles. The summed E-state index contributed by atoms with van der Waals surface area (Å²) in [7, 11) is 0. The van der Waals surface area contributed by atoms with Crippen molar-refractivity contribution in [2.24, 2.45) is 0 Å². The van der Waals surface area contributed by atoms with Crippen molar-refractivity contribution in [2.75, 3.05) is 0 Å². The molecule has 0 saturated heterocycles. The highest BCUT2D eigenvalue weighted by molar-refractivity contribution is 6.31. The topological polar surface area (TPSA) is 26.3 Å². The van der Waals surface area contributed by atoms with Gasteiger partial charge in [-0.15, -0.1) is 0 Å². The van der Waals surface area contributed by atoms with Crippen molar-refractivity contribution in [3.63, 3.8) is 0 Å². The summed E-state index contributed by atoms with van der Waals surface area (Å²) < 4.78 is 41.0. The van der Waals surface area contributed by atoms with Gasteiger partial charge in [0.05, 0.1) is 10.6 Å². The van der Waals surface area contributed by atoms with Crippen molar-refractivity contribution in [1.82, 2.24) is 0 Å². The fourth-order valence-corrected chi connectivity index (χ4v) is 1.16. The second-order valence-electron chi connectivity index (χ2n) is 2.67. The zero-order valence-corrected chi connectivity index (χ0v) is 8.32. The average Bonchev–Trinajstić information content (AvgIpc) is 2.12. The van der Waals surface area contributed by atoms with Gasteiger partial charge in [0.25, 0.3) is 0 Å². The maximum absolute atomic E-state index is 13.2. The van der Waals surface area contributed by atoms with Crippen LogP contribution in [0.3, 0.4) is 0 Å². The molecule has 0 aromatic heterocycles. The molecule has 0 saturated carbocycles. The Bertz CT molecular complexity index is 393. The van der Waals surface area contributed by atoms with Gasteiger partial charge in [0.15, 0.2) is 17.3 Å². The van der Waals surface area contributed by atoms with Crippen LogP contribution < -0.4 is 4.74 Å². The van der Waals surface area contributed by atoms with Crippen LogP contribution in [0.15, 0.2) is 12.1 Å². The summed E-state index contributed by atoms with van der Waals surface area (Å²) in [6.07, 6.45) is 0. The number of hydrogen-bond donors (Lipinski definition) is 0. The van der Waals surface area contributed by atoms with Crippen molar-refractivity contribution >= 4 is 17.4 Å². The molecular formula is C9H6ClF3O2. The molecule has 6 heteroatoms. The van der Waals surface area contributed by atoms with Crippen LogP contribution in [0.5, 0.6) is 5.75 Å². The molecule has 0 heterocycles. The van der Waals surface area contributed by atoms with Crippen LogP contribution in [-0.2, 0) is 0 Å². The van der Waals surface area contributed by atoms with Gasteiger partial charge in [-0.3, -0.25) is 4.79 Å². The third-order valence-electron chi connectivity index (χ3n) is 1.64. The zero-order chi connectivity index (χ0) is 11.6. The predicted octanol–water partition coefficient (Wildman–Crippen LogP) is 3.28. The Kier molecular flexibility index (Phi) is 3.57. The first-order valence-electron chi connectivity index (χ1n) is 3.87. The number of alkyl halides is 2. The summed E-state index contributed by atoms with van der Waals surface area (Å²) in [6.45, 7) is -2.10. The van der Waals surface area contributed by atoms with Crippen molar-refractivity contribution in [2.45, 2.75) is 13.5 Å². The molecule has 1 aromatic rings. The van der Waals surface area contributed by atoms with E-state index in [4.69, 9.17) is 11.6 Å². The lowest BCUT2D eigenvalue weighted by atomic mass is 10.1. The number of carbonyl (C=O) groups is 1. The van der Waals surface area contributed by atoms with Crippen molar-refractivity contribution < 1.29 is 22.7 Å². The van der Waals surface area contributed by atoms with Crippen LogP contribution in [0.2, 0.25) is 5.02 Å². The maximum atomic E-state index is 13.2. The molecule has 0 radical (unpaired) electrons. The monoisotopic (exact) mass is 238 g/mol. The van der Waals surface area contributed by atoms with E-state index >= 15 is 0 Å². The van der Waals surface area contributed by atoms with Crippen LogP contribution in [0.1, 0.15) is 17.3 Å². The third kappa shape index (κ3) is 2.62. The number of carbonyl (C=O) groups excluding carboxylic acids is 1. The van der Waals surface area contributed by atoms with E-state index in [0.29, 0.717) is 0 Å². The Morgan fingerprint density at radius 2 is 2.07 bits per heavy atom. The van der Waals surface area contributed by atoms with Gasteiger partial charge in [-0.05, 0) is 19.1 Å². The predicted molar refractivity (Wildman–Crippen MR) is 48.0 cm³/mol. The largest absolute Gasteiger partial charge is 0.431 e. The number of benzene rings is 1. The first kappa shape index (κ1) is 11.8. The molecule has 0 atom stereocenters. The smallest absolute Gasteiger partial charge is 0.387 e. The standard InChI is InChI=1S/C9H6ClF3O2/c1-4(14)5-2-3-6(10)7(11)8(5)15-9(12)13/h2-3,9H,1H3. The molecule has 0 spiro atoms. The Labute approximate surface area is 88.6 Å². The van der Waals surface area contributed by atoms with Crippen molar-refractivity contribution in [3.8, 4) is 5.75 Å². The second kappa shape index (κ2) is 4.53. The Morgan fingerprint density at radius 1 is 1.47 bits per heavy atom. The molecular weight excluding hydrogens is 233 g/mol. The van der Waals surface area contributed by atoms with E-state index in [-0.39, 0.29) is 10.6 Å². The summed E-state index contributed by atoms with van der Waals surface area (Å²) >= 11 is 5.36. The first-order valence-corrected chi connectivity index (χ1v) is 4.25. The van der Waals surface area contributed by atoms with Gasteiger partial charge in [0.2, 0.25) is 0 Å². The van der Waals surface area contributed by atoms with E-state index in [0.717, 1.165) is 19.1 Å². The Morgan fingerprint density at radius 3 is 2.53 bits per heavy atom. The summed E-state index contributed by atoms with van der Waals surface area (Å²) in [6, 6.07) is 2.23. The molecule has 0 fully saturated rings. The van der Waals surface area contributed by atoms with E-state index in [1.165, 1.54) is 0 Å². The first-order chi connectivity index (χ1) is 6.93. The highest BCUT2D eigenvalue weighted by atomic mass is 35.5. The van der Waals surface area contributed by atoms with Crippen molar-refractivity contribution in [3.05, 3.63) is 28.5 Å². The van der Waals surface area contributed by atoms with Gasteiger partial charge in [0, 0.05) is 0 Å². The maximum Gasteiger partial charge on any atom is 0.387 e. The average molecular weight is 239 g/mol. The van der Waals surface area contributed by atoms with Gasteiger partial charge in [0.1, 0.15) is 0 Å². The van der Waals surface area contributed by atoms with Gasteiger partial charge in [-0.1, -0.05) is 11.6 Å². The molecule has 82 valence electrons. The van der Waals surface area contributed by atoms with Crippen LogP contribution in [0.4, 0.5) is 13.2 Å². The van der Waals surface area contributed by atoms with Crippen LogP contribution in [0.25, 0.3) is 0 Å². The van der Waals surface area contributed by atoms with E-state index < -0.39 is 24.0 Å². The fraction of sp³-hybridized carbons (Fsp3) is 0.222. The van der Waals surface area contributed by atoms with Crippen LogP contribution in [-0.4, -0.2) is 12.4 Å². The number of rotatable bonds is 3. The third-order valence-corrected chi connectivity index (χ3v) is 1.93. The minimum Gasteiger partial charge on any atom is -0.431 e. The highest BCUT2D eigenvalue weighted by Crippen LogP contribution is 2.30. The van der Waals surface area contributed by atoms with Gasteiger partial charge in [-0.25, -0.2) is 4.39 Å². The summed E-state index contributed by atoms with van der Waals surface area (Å²) in [5, 5.41) is -0.379. The van der Waals surface area contributed by atoms with Gasteiger partial charge < -0.3 is 4.74 Å². The zero-order valence-electron chi connectivity index (χ0n) is 7.56. The fourth-order valence-electron chi connectivity index (χ4n) is 1.01.